The third kappa shape index (κ3) is 4.33. The van der Waals surface area contributed by atoms with Crippen LogP contribution in [-0.2, 0) is 14.6 Å². The van der Waals surface area contributed by atoms with Crippen LogP contribution in [0.3, 0.4) is 0 Å². The highest BCUT2D eigenvalue weighted by molar-refractivity contribution is 7.91. The standard InChI is InChI=1S/C19H19FN2O4S/c1-12-3-4-13(2)17(9-12)26-11-19(23)22-21-16-7-8-27(24,25)18-6-5-14(20)10-15(16)18/h3-6,9-10H,7-8,11H2,1-2H3,(H,22,23)/b21-16-. The number of fused-ring (bicyclic) bond motifs is 1. The van der Waals surface area contributed by atoms with E-state index in [1.54, 1.807) is 0 Å². The molecule has 0 saturated heterocycles. The summed E-state index contributed by atoms with van der Waals surface area (Å²) in [6, 6.07) is 9.11. The molecule has 3 rings (SSSR count). The number of nitrogens with one attached hydrogen (secondary N) is 1. The summed E-state index contributed by atoms with van der Waals surface area (Å²) in [5, 5.41) is 3.99. The Morgan fingerprint density at radius 1 is 1.22 bits per heavy atom. The summed E-state index contributed by atoms with van der Waals surface area (Å²) in [5.74, 6) is -0.592. The number of benzene rings is 2. The van der Waals surface area contributed by atoms with Gasteiger partial charge in [0.05, 0.1) is 16.4 Å². The molecular formula is C19H19FN2O4S. The lowest BCUT2D eigenvalue weighted by atomic mass is 10.1. The maximum atomic E-state index is 13.5. The Labute approximate surface area is 157 Å². The van der Waals surface area contributed by atoms with Crippen LogP contribution in [0.25, 0.3) is 0 Å². The van der Waals surface area contributed by atoms with Crippen molar-refractivity contribution in [2.45, 2.75) is 25.2 Å². The zero-order valence-electron chi connectivity index (χ0n) is 15.0. The van der Waals surface area contributed by atoms with Crippen LogP contribution in [0.5, 0.6) is 5.75 Å². The zero-order valence-corrected chi connectivity index (χ0v) is 15.8. The average molecular weight is 390 g/mol. The third-order valence-electron chi connectivity index (χ3n) is 4.21. The number of ether oxygens (including phenoxy) is 1. The fraction of sp³-hybridized carbons (Fsp3) is 0.263. The smallest absolute Gasteiger partial charge is 0.277 e. The van der Waals surface area contributed by atoms with Crippen molar-refractivity contribution < 1.29 is 22.3 Å². The van der Waals surface area contributed by atoms with E-state index in [4.69, 9.17) is 4.74 Å². The van der Waals surface area contributed by atoms with E-state index in [-0.39, 0.29) is 29.2 Å². The van der Waals surface area contributed by atoms with Crippen LogP contribution < -0.4 is 10.2 Å². The van der Waals surface area contributed by atoms with Gasteiger partial charge in [0.15, 0.2) is 16.4 Å². The Morgan fingerprint density at radius 2 is 2.00 bits per heavy atom. The van der Waals surface area contributed by atoms with Gasteiger partial charge in [0, 0.05) is 12.0 Å². The molecule has 0 radical (unpaired) electrons. The molecule has 8 heteroatoms. The molecule has 142 valence electrons. The topological polar surface area (TPSA) is 84.8 Å². The molecule has 27 heavy (non-hydrogen) atoms. The zero-order chi connectivity index (χ0) is 19.6. The van der Waals surface area contributed by atoms with E-state index in [2.05, 4.69) is 10.5 Å². The number of sulfone groups is 1. The number of amides is 1. The van der Waals surface area contributed by atoms with E-state index < -0.39 is 21.6 Å². The lowest BCUT2D eigenvalue weighted by molar-refractivity contribution is -0.123. The van der Waals surface area contributed by atoms with E-state index in [1.807, 2.05) is 32.0 Å². The number of hydrazone groups is 1. The molecule has 1 amide bonds. The number of halogens is 1. The summed E-state index contributed by atoms with van der Waals surface area (Å²) < 4.78 is 43.2. The quantitative estimate of drug-likeness (QED) is 0.642. The van der Waals surface area contributed by atoms with Gasteiger partial charge in [-0.3, -0.25) is 4.79 Å². The lowest BCUT2D eigenvalue weighted by Crippen LogP contribution is -2.29. The summed E-state index contributed by atoms with van der Waals surface area (Å²) >= 11 is 0. The van der Waals surface area contributed by atoms with Crippen molar-refractivity contribution in [3.8, 4) is 5.75 Å². The van der Waals surface area contributed by atoms with E-state index in [0.717, 1.165) is 23.3 Å². The van der Waals surface area contributed by atoms with E-state index in [0.29, 0.717) is 11.5 Å². The van der Waals surface area contributed by atoms with Crippen LogP contribution in [0.15, 0.2) is 46.4 Å². The van der Waals surface area contributed by atoms with Crippen molar-refractivity contribution in [1.29, 1.82) is 0 Å². The maximum absolute atomic E-state index is 13.5. The van der Waals surface area contributed by atoms with E-state index >= 15 is 0 Å². The van der Waals surface area contributed by atoms with Gasteiger partial charge in [-0.25, -0.2) is 18.2 Å². The highest BCUT2D eigenvalue weighted by Crippen LogP contribution is 2.26. The molecule has 1 heterocycles. The molecule has 0 bridgehead atoms. The summed E-state index contributed by atoms with van der Waals surface area (Å²) in [4.78, 5) is 12.0. The first kappa shape index (κ1) is 19.0. The molecule has 1 aliphatic heterocycles. The molecule has 2 aromatic rings. The minimum atomic E-state index is -3.47. The summed E-state index contributed by atoms with van der Waals surface area (Å²) in [6.07, 6.45) is 0.0942. The van der Waals surface area contributed by atoms with Gasteiger partial charge >= 0.3 is 0 Å². The van der Waals surface area contributed by atoms with Crippen molar-refractivity contribution in [2.75, 3.05) is 12.4 Å². The predicted molar refractivity (Wildman–Crippen MR) is 99.2 cm³/mol. The number of carbonyl (C=O) groups is 1. The second-order valence-electron chi connectivity index (χ2n) is 6.36. The lowest BCUT2D eigenvalue weighted by Gasteiger charge is -2.18. The first-order valence-electron chi connectivity index (χ1n) is 8.34. The molecule has 0 saturated carbocycles. The van der Waals surface area contributed by atoms with Crippen LogP contribution in [0.2, 0.25) is 0 Å². The van der Waals surface area contributed by atoms with Crippen LogP contribution in [0.4, 0.5) is 4.39 Å². The summed E-state index contributed by atoms with van der Waals surface area (Å²) in [6.45, 7) is 3.56. The van der Waals surface area contributed by atoms with Crippen molar-refractivity contribution >= 4 is 21.5 Å². The average Bonchev–Trinajstić information content (AvgIpc) is 2.61. The van der Waals surface area contributed by atoms with Gasteiger partial charge in [0.2, 0.25) is 0 Å². The Balaban J connectivity index is 1.72. The number of rotatable bonds is 4. The van der Waals surface area contributed by atoms with Crippen molar-refractivity contribution in [3.63, 3.8) is 0 Å². The Kier molecular flexibility index (Phi) is 5.27. The Bertz CT molecular complexity index is 1030. The Morgan fingerprint density at radius 3 is 2.78 bits per heavy atom. The fourth-order valence-electron chi connectivity index (χ4n) is 2.76. The van der Waals surface area contributed by atoms with Gasteiger partial charge in [-0.15, -0.1) is 0 Å². The number of aryl methyl sites for hydroxylation is 2. The van der Waals surface area contributed by atoms with Crippen molar-refractivity contribution in [2.24, 2.45) is 5.10 Å². The van der Waals surface area contributed by atoms with Gasteiger partial charge in [0.1, 0.15) is 11.6 Å². The van der Waals surface area contributed by atoms with Crippen LogP contribution >= 0.6 is 0 Å². The molecule has 0 unspecified atom stereocenters. The normalized spacial score (nSPS) is 16.6. The predicted octanol–water partition coefficient (Wildman–Crippen LogP) is 2.52. The van der Waals surface area contributed by atoms with Gasteiger partial charge < -0.3 is 4.74 Å². The van der Waals surface area contributed by atoms with Gasteiger partial charge in [-0.1, -0.05) is 12.1 Å². The molecule has 0 aliphatic carbocycles. The van der Waals surface area contributed by atoms with Gasteiger partial charge in [-0.05, 0) is 49.2 Å². The number of carbonyl (C=O) groups excluding carboxylic acids is 1. The van der Waals surface area contributed by atoms with E-state index in [1.165, 1.54) is 6.07 Å². The van der Waals surface area contributed by atoms with Crippen molar-refractivity contribution in [3.05, 3.63) is 58.9 Å². The van der Waals surface area contributed by atoms with Gasteiger partial charge in [-0.2, -0.15) is 5.10 Å². The highest BCUT2D eigenvalue weighted by atomic mass is 32.2. The minimum absolute atomic E-state index is 0.0229. The maximum Gasteiger partial charge on any atom is 0.277 e. The molecular weight excluding hydrogens is 371 g/mol. The number of hydrogen-bond acceptors (Lipinski definition) is 5. The monoisotopic (exact) mass is 390 g/mol. The van der Waals surface area contributed by atoms with Gasteiger partial charge in [0.25, 0.3) is 5.91 Å². The summed E-state index contributed by atoms with van der Waals surface area (Å²) in [7, 11) is -3.47. The number of nitrogens with zero attached hydrogens (tertiary/aromatic N) is 1. The van der Waals surface area contributed by atoms with Crippen LogP contribution in [-0.4, -0.2) is 32.4 Å². The van der Waals surface area contributed by atoms with Crippen LogP contribution in [0, 0.1) is 19.7 Å². The molecule has 1 N–H and O–H groups in total. The fourth-order valence-corrected chi connectivity index (χ4v) is 4.23. The second-order valence-corrected chi connectivity index (χ2v) is 8.44. The first-order valence-corrected chi connectivity index (χ1v) is 9.99. The minimum Gasteiger partial charge on any atom is -0.483 e. The summed E-state index contributed by atoms with van der Waals surface area (Å²) in [5.41, 5.74) is 4.76. The highest BCUT2D eigenvalue weighted by Gasteiger charge is 2.28. The molecule has 0 spiro atoms. The molecule has 2 aromatic carbocycles. The molecule has 0 atom stereocenters. The van der Waals surface area contributed by atoms with E-state index in [9.17, 15) is 17.6 Å². The van der Waals surface area contributed by atoms with Crippen molar-refractivity contribution in [1.82, 2.24) is 5.43 Å². The molecule has 1 aliphatic rings. The van der Waals surface area contributed by atoms with Crippen LogP contribution in [0.1, 0.15) is 23.1 Å². The Hall–Kier alpha value is -2.74. The first-order chi connectivity index (χ1) is 12.8. The number of hydrogen-bond donors (Lipinski definition) is 1. The molecule has 0 fully saturated rings. The molecule has 6 nitrogen and oxygen atoms in total. The second kappa shape index (κ2) is 7.48. The molecule has 0 aromatic heterocycles. The largest absolute Gasteiger partial charge is 0.483 e. The third-order valence-corrected chi connectivity index (χ3v) is 5.98. The SMILES string of the molecule is Cc1ccc(C)c(OCC(=O)N/N=C2/CCS(=O)(=O)c3ccc(F)cc32)c1.